The highest BCUT2D eigenvalue weighted by Gasteiger charge is 2.17. The lowest BCUT2D eigenvalue weighted by molar-refractivity contribution is -0.305. The lowest BCUT2D eigenvalue weighted by Crippen LogP contribution is -2.21. The van der Waals surface area contributed by atoms with Crippen molar-refractivity contribution in [2.75, 3.05) is 0 Å². The van der Waals surface area contributed by atoms with Crippen LogP contribution < -0.4 is 5.11 Å². The van der Waals surface area contributed by atoms with Crippen LogP contribution in [0.15, 0.2) is 48.5 Å². The topological polar surface area (TPSA) is 68.8 Å². The van der Waals surface area contributed by atoms with Gasteiger partial charge in [-0.25, -0.2) is 4.98 Å². The summed E-state index contributed by atoms with van der Waals surface area (Å²) in [5.41, 5.74) is 4.24. The van der Waals surface area contributed by atoms with Crippen molar-refractivity contribution >= 4 is 51.0 Å². The van der Waals surface area contributed by atoms with Crippen LogP contribution >= 0.6 is 23.2 Å². The van der Waals surface area contributed by atoms with E-state index in [1.54, 1.807) is 6.07 Å². The molecule has 2 aromatic carbocycles. The van der Waals surface area contributed by atoms with Gasteiger partial charge in [-0.1, -0.05) is 47.5 Å². The summed E-state index contributed by atoms with van der Waals surface area (Å²) in [4.78, 5) is 19.0. The highest BCUT2D eigenvalue weighted by Crippen LogP contribution is 2.37. The van der Waals surface area contributed by atoms with Crippen molar-refractivity contribution in [3.63, 3.8) is 0 Å². The van der Waals surface area contributed by atoms with Gasteiger partial charge in [-0.15, -0.1) is 0 Å². The van der Waals surface area contributed by atoms with Gasteiger partial charge in [0.15, 0.2) is 0 Å². The molecule has 6 heteroatoms. The molecule has 27 heavy (non-hydrogen) atoms. The number of rotatable bonds is 5. The third-order valence-corrected chi connectivity index (χ3v) is 5.10. The van der Waals surface area contributed by atoms with E-state index in [1.807, 2.05) is 42.5 Å². The molecule has 4 rings (SSSR count). The monoisotopic (exact) mass is 397 g/mol. The number of H-pyrrole nitrogens is 1. The highest BCUT2D eigenvalue weighted by molar-refractivity contribution is 6.39. The Morgan fingerprint density at radius 2 is 1.93 bits per heavy atom. The maximum atomic E-state index is 10.8. The molecule has 0 unspecified atom stereocenters. The SMILES string of the molecule is O=C([O-])CCCc1c(-c2ccc3ccccc3n2)[nH]c2cc(Cl)cc(Cl)c12. The molecule has 4 aromatic rings. The maximum Gasteiger partial charge on any atom is 0.0875 e. The van der Waals surface area contributed by atoms with Crippen molar-refractivity contribution in [1.82, 2.24) is 9.97 Å². The molecule has 0 aliphatic rings. The van der Waals surface area contributed by atoms with Gasteiger partial charge in [-0.2, -0.15) is 0 Å². The number of nitrogens with one attached hydrogen (secondary N) is 1. The number of aromatic nitrogens is 2. The summed E-state index contributed by atoms with van der Waals surface area (Å²) in [6.07, 6.45) is 0.983. The fourth-order valence-corrected chi connectivity index (χ4v) is 4.00. The van der Waals surface area contributed by atoms with E-state index in [-0.39, 0.29) is 6.42 Å². The van der Waals surface area contributed by atoms with Crippen molar-refractivity contribution in [2.24, 2.45) is 0 Å². The Morgan fingerprint density at radius 3 is 2.74 bits per heavy atom. The number of carbonyl (C=O) groups excluding carboxylic acids is 1. The van der Waals surface area contributed by atoms with Crippen molar-refractivity contribution in [3.05, 3.63) is 64.1 Å². The second kappa shape index (κ2) is 7.22. The average molecular weight is 398 g/mol. The van der Waals surface area contributed by atoms with Crippen molar-refractivity contribution < 1.29 is 9.90 Å². The van der Waals surface area contributed by atoms with E-state index in [4.69, 9.17) is 28.2 Å². The lowest BCUT2D eigenvalue weighted by atomic mass is 10.0. The van der Waals surface area contributed by atoms with Gasteiger partial charge in [0.05, 0.1) is 21.9 Å². The van der Waals surface area contributed by atoms with Gasteiger partial charge in [0.2, 0.25) is 0 Å². The molecular formula is C21H15Cl2N2O2-. The molecule has 0 fully saturated rings. The van der Waals surface area contributed by atoms with Gasteiger partial charge in [-0.05, 0) is 49.1 Å². The Bertz CT molecular complexity index is 1170. The molecule has 0 amide bonds. The number of fused-ring (bicyclic) bond motifs is 2. The number of hydrogen-bond donors (Lipinski definition) is 1. The first-order valence-electron chi connectivity index (χ1n) is 8.58. The summed E-state index contributed by atoms with van der Waals surface area (Å²) in [5.74, 6) is -1.06. The summed E-state index contributed by atoms with van der Waals surface area (Å²) < 4.78 is 0. The largest absolute Gasteiger partial charge is 0.550 e. The third kappa shape index (κ3) is 3.51. The number of aromatic amines is 1. The fraction of sp³-hybridized carbons (Fsp3) is 0.143. The zero-order valence-electron chi connectivity index (χ0n) is 14.3. The van der Waals surface area contributed by atoms with E-state index in [2.05, 4.69) is 4.98 Å². The number of carbonyl (C=O) groups is 1. The van der Waals surface area contributed by atoms with Crippen molar-refractivity contribution in [3.8, 4) is 11.4 Å². The molecule has 0 atom stereocenters. The first-order valence-corrected chi connectivity index (χ1v) is 9.34. The van der Waals surface area contributed by atoms with Crippen LogP contribution in [0.1, 0.15) is 18.4 Å². The summed E-state index contributed by atoms with van der Waals surface area (Å²) in [6.45, 7) is 0. The average Bonchev–Trinajstić information content (AvgIpc) is 2.99. The lowest BCUT2D eigenvalue weighted by Gasteiger charge is -2.07. The number of carboxylic acids is 1. The van der Waals surface area contributed by atoms with Crippen LogP contribution in [0.4, 0.5) is 0 Å². The predicted molar refractivity (Wildman–Crippen MR) is 107 cm³/mol. The number of halogens is 2. The minimum atomic E-state index is -1.06. The summed E-state index contributed by atoms with van der Waals surface area (Å²) in [6, 6.07) is 15.4. The third-order valence-electron chi connectivity index (χ3n) is 4.58. The molecule has 0 bridgehead atoms. The van der Waals surface area contributed by atoms with Crippen LogP contribution in [0.5, 0.6) is 0 Å². The summed E-state index contributed by atoms with van der Waals surface area (Å²) in [5, 5.41) is 13.8. The molecule has 0 aliphatic carbocycles. The van der Waals surface area contributed by atoms with Gasteiger partial charge < -0.3 is 14.9 Å². The predicted octanol–water partition coefficient (Wildman–Crippen LogP) is 4.76. The second-order valence-corrected chi connectivity index (χ2v) is 7.25. The highest BCUT2D eigenvalue weighted by atomic mass is 35.5. The van der Waals surface area contributed by atoms with E-state index in [1.165, 1.54) is 0 Å². The number of pyridine rings is 1. The Labute approximate surface area is 165 Å². The van der Waals surface area contributed by atoms with E-state index in [9.17, 15) is 9.90 Å². The van der Waals surface area contributed by atoms with Crippen LogP contribution in [0, 0.1) is 0 Å². The maximum absolute atomic E-state index is 10.8. The van der Waals surface area contributed by atoms with Gasteiger partial charge in [0, 0.05) is 27.3 Å². The molecular weight excluding hydrogens is 383 g/mol. The second-order valence-electron chi connectivity index (χ2n) is 6.40. The molecule has 0 aliphatic heterocycles. The van der Waals surface area contributed by atoms with Gasteiger partial charge in [0.1, 0.15) is 0 Å². The Balaban J connectivity index is 1.89. The number of para-hydroxylation sites is 1. The van der Waals surface area contributed by atoms with Gasteiger partial charge in [-0.3, -0.25) is 0 Å². The molecule has 1 N–H and O–H groups in total. The molecule has 0 saturated carbocycles. The van der Waals surface area contributed by atoms with E-state index >= 15 is 0 Å². The summed E-state index contributed by atoms with van der Waals surface area (Å²) >= 11 is 12.6. The zero-order valence-corrected chi connectivity index (χ0v) is 15.8. The first kappa shape index (κ1) is 17.8. The Morgan fingerprint density at radius 1 is 1.11 bits per heavy atom. The Kier molecular flexibility index (Phi) is 4.77. The first-order chi connectivity index (χ1) is 13.0. The number of nitrogens with zero attached hydrogens (tertiary/aromatic N) is 1. The van der Waals surface area contributed by atoms with Crippen LogP contribution in [0.2, 0.25) is 10.0 Å². The van der Waals surface area contributed by atoms with E-state index in [0.29, 0.717) is 22.9 Å². The van der Waals surface area contributed by atoms with E-state index < -0.39 is 5.97 Å². The smallest absolute Gasteiger partial charge is 0.0875 e. The molecule has 0 saturated heterocycles. The molecule has 2 heterocycles. The van der Waals surface area contributed by atoms with Gasteiger partial charge in [0.25, 0.3) is 0 Å². The molecule has 0 radical (unpaired) electrons. The van der Waals surface area contributed by atoms with Crippen LogP contribution in [0.3, 0.4) is 0 Å². The number of benzene rings is 2. The number of carboxylic acid groups (broad SMARTS) is 1. The number of aliphatic carboxylic acids is 1. The minimum Gasteiger partial charge on any atom is -0.550 e. The quantitative estimate of drug-likeness (QED) is 0.527. The normalized spacial score (nSPS) is 11.3. The number of aryl methyl sites for hydroxylation is 1. The molecule has 0 spiro atoms. The van der Waals surface area contributed by atoms with E-state index in [0.717, 1.165) is 38.8 Å². The molecule has 2 aromatic heterocycles. The summed E-state index contributed by atoms with van der Waals surface area (Å²) in [7, 11) is 0. The van der Waals surface area contributed by atoms with Crippen LogP contribution in [-0.4, -0.2) is 15.9 Å². The van der Waals surface area contributed by atoms with Crippen molar-refractivity contribution in [1.29, 1.82) is 0 Å². The zero-order chi connectivity index (χ0) is 19.0. The molecule has 136 valence electrons. The standard InChI is InChI=1S/C21H16Cl2N2O2/c22-13-10-15(23)20-14(5-3-7-19(26)27)21(25-18(20)11-13)17-9-8-12-4-1-2-6-16(12)24-17/h1-2,4,6,8-11,25H,3,5,7H2,(H,26,27)/p-1. The van der Waals surface area contributed by atoms with Crippen LogP contribution in [-0.2, 0) is 11.2 Å². The van der Waals surface area contributed by atoms with Crippen LogP contribution in [0.25, 0.3) is 33.2 Å². The Hall–Kier alpha value is -2.56. The fourth-order valence-electron chi connectivity index (χ4n) is 3.40. The number of hydrogen-bond acceptors (Lipinski definition) is 3. The minimum absolute atomic E-state index is 0.0114. The molecule has 4 nitrogen and oxygen atoms in total. The van der Waals surface area contributed by atoms with Crippen molar-refractivity contribution in [2.45, 2.75) is 19.3 Å². The van der Waals surface area contributed by atoms with Gasteiger partial charge >= 0.3 is 0 Å².